The molecule has 0 saturated carbocycles. The fourth-order valence-electron chi connectivity index (χ4n) is 2.82. The van der Waals surface area contributed by atoms with E-state index in [9.17, 15) is 9.18 Å². The number of piperidine rings is 1. The third-order valence-electron chi connectivity index (χ3n) is 4.02. The first-order chi connectivity index (χ1) is 9.58. The Morgan fingerprint density at radius 1 is 1.55 bits per heavy atom. The molecule has 1 aliphatic heterocycles. The van der Waals surface area contributed by atoms with Crippen LogP contribution >= 0.6 is 0 Å². The van der Waals surface area contributed by atoms with Gasteiger partial charge in [0.15, 0.2) is 11.6 Å². The topological polar surface area (TPSA) is 55.6 Å². The normalized spacial score (nSPS) is 22.7. The lowest BCUT2D eigenvalue weighted by Gasteiger charge is -2.39. The van der Waals surface area contributed by atoms with Crippen molar-refractivity contribution >= 4 is 5.91 Å². The highest BCUT2D eigenvalue weighted by Gasteiger charge is 2.31. The number of amides is 1. The van der Waals surface area contributed by atoms with E-state index in [0.717, 1.165) is 12.8 Å². The van der Waals surface area contributed by atoms with E-state index in [4.69, 9.17) is 10.5 Å². The molecular formula is C15H21FN2O2. The smallest absolute Gasteiger partial charge is 0.254 e. The lowest BCUT2D eigenvalue weighted by Crippen LogP contribution is -2.51. The van der Waals surface area contributed by atoms with Crippen LogP contribution in [0, 0.1) is 11.7 Å². The number of rotatable bonds is 3. The number of nitrogens with two attached hydrogens (primary N) is 1. The van der Waals surface area contributed by atoms with E-state index < -0.39 is 5.82 Å². The second-order valence-electron chi connectivity index (χ2n) is 5.27. The van der Waals surface area contributed by atoms with Crippen LogP contribution in [0.25, 0.3) is 0 Å². The van der Waals surface area contributed by atoms with Gasteiger partial charge in [0.25, 0.3) is 5.91 Å². The van der Waals surface area contributed by atoms with E-state index in [0.29, 0.717) is 24.6 Å². The fourth-order valence-corrected chi connectivity index (χ4v) is 2.82. The highest BCUT2D eigenvalue weighted by Crippen LogP contribution is 2.26. The molecular weight excluding hydrogens is 259 g/mol. The minimum Gasteiger partial charge on any atom is -0.494 e. The first kappa shape index (κ1) is 14.8. The predicted molar refractivity (Wildman–Crippen MR) is 75.2 cm³/mol. The Morgan fingerprint density at radius 3 is 2.95 bits per heavy atom. The molecule has 1 heterocycles. The zero-order chi connectivity index (χ0) is 14.7. The summed E-state index contributed by atoms with van der Waals surface area (Å²) < 4.78 is 18.3. The minimum absolute atomic E-state index is 0.0484. The van der Waals surface area contributed by atoms with Crippen LogP contribution in [0.3, 0.4) is 0 Å². The lowest BCUT2D eigenvalue weighted by molar-refractivity contribution is 0.0532. The largest absolute Gasteiger partial charge is 0.494 e. The number of hydrogen-bond acceptors (Lipinski definition) is 3. The van der Waals surface area contributed by atoms with Crippen molar-refractivity contribution in [3.63, 3.8) is 0 Å². The summed E-state index contributed by atoms with van der Waals surface area (Å²) >= 11 is 0. The van der Waals surface area contributed by atoms with Gasteiger partial charge in [0.2, 0.25) is 0 Å². The summed E-state index contributed by atoms with van der Waals surface area (Å²) in [4.78, 5) is 14.4. The zero-order valence-corrected chi connectivity index (χ0v) is 11.9. The molecule has 110 valence electrons. The van der Waals surface area contributed by atoms with Crippen molar-refractivity contribution in [2.75, 3.05) is 20.2 Å². The summed E-state index contributed by atoms with van der Waals surface area (Å²) in [5, 5.41) is 0. The zero-order valence-electron chi connectivity index (χ0n) is 11.9. The Morgan fingerprint density at radius 2 is 2.30 bits per heavy atom. The summed E-state index contributed by atoms with van der Waals surface area (Å²) in [6, 6.07) is 4.25. The number of benzene rings is 1. The van der Waals surface area contributed by atoms with Crippen LogP contribution in [0.1, 0.15) is 30.1 Å². The second kappa shape index (κ2) is 6.22. The molecule has 1 aromatic rings. The molecule has 2 atom stereocenters. The molecule has 0 aromatic heterocycles. The molecule has 0 radical (unpaired) electrons. The van der Waals surface area contributed by atoms with Gasteiger partial charge in [-0.15, -0.1) is 0 Å². The third-order valence-corrected chi connectivity index (χ3v) is 4.02. The van der Waals surface area contributed by atoms with E-state index in [1.165, 1.54) is 25.3 Å². The van der Waals surface area contributed by atoms with Crippen LogP contribution in [0.5, 0.6) is 5.75 Å². The number of hydrogen-bond donors (Lipinski definition) is 1. The Bertz CT molecular complexity index is 493. The molecule has 1 aromatic carbocycles. The van der Waals surface area contributed by atoms with Crippen molar-refractivity contribution in [2.45, 2.75) is 25.8 Å². The number of carbonyl (C=O) groups excluding carboxylic acids is 1. The minimum atomic E-state index is -0.466. The Kier molecular flexibility index (Phi) is 4.60. The number of carbonyl (C=O) groups is 1. The van der Waals surface area contributed by atoms with Gasteiger partial charge in [0.05, 0.1) is 7.11 Å². The fraction of sp³-hybridized carbons (Fsp3) is 0.533. The number of halogens is 1. The molecule has 2 rings (SSSR count). The quantitative estimate of drug-likeness (QED) is 0.921. The monoisotopic (exact) mass is 280 g/mol. The van der Waals surface area contributed by atoms with Crippen LogP contribution < -0.4 is 10.5 Å². The molecule has 2 unspecified atom stereocenters. The molecule has 2 N–H and O–H groups in total. The van der Waals surface area contributed by atoms with Gasteiger partial charge in [0, 0.05) is 24.7 Å². The van der Waals surface area contributed by atoms with Gasteiger partial charge in [-0.1, -0.05) is 6.92 Å². The first-order valence-electron chi connectivity index (χ1n) is 6.93. The number of nitrogens with zero attached hydrogens (tertiary/aromatic N) is 1. The van der Waals surface area contributed by atoms with Gasteiger partial charge in [-0.3, -0.25) is 4.79 Å². The third kappa shape index (κ3) is 2.77. The van der Waals surface area contributed by atoms with Crippen LogP contribution in [0.2, 0.25) is 0 Å². The maximum atomic E-state index is 13.4. The number of likely N-dealkylation sites (tertiary alicyclic amines) is 1. The van der Waals surface area contributed by atoms with E-state index in [-0.39, 0.29) is 17.7 Å². The second-order valence-corrected chi connectivity index (χ2v) is 5.27. The van der Waals surface area contributed by atoms with E-state index in [1.807, 2.05) is 0 Å². The predicted octanol–water partition coefficient (Wildman–Crippen LogP) is 2.03. The first-order valence-corrected chi connectivity index (χ1v) is 6.93. The Hall–Kier alpha value is -1.62. The van der Waals surface area contributed by atoms with Crippen molar-refractivity contribution < 1.29 is 13.9 Å². The molecule has 1 amide bonds. The van der Waals surface area contributed by atoms with Gasteiger partial charge >= 0.3 is 0 Å². The van der Waals surface area contributed by atoms with Gasteiger partial charge in [-0.05, 0) is 37.0 Å². The SMILES string of the molecule is COc1cc(C(=O)N2CCCC(C)C2CN)ccc1F. The Balaban J connectivity index is 2.25. The van der Waals surface area contributed by atoms with Crippen LogP contribution in [-0.4, -0.2) is 37.0 Å². The van der Waals surface area contributed by atoms with Crippen LogP contribution in [0.4, 0.5) is 4.39 Å². The van der Waals surface area contributed by atoms with Crippen molar-refractivity contribution in [1.82, 2.24) is 4.90 Å². The molecule has 20 heavy (non-hydrogen) atoms. The summed E-state index contributed by atoms with van der Waals surface area (Å²) in [7, 11) is 1.39. The van der Waals surface area contributed by atoms with Crippen molar-refractivity contribution in [1.29, 1.82) is 0 Å². The standard InChI is InChI=1S/C15H21FN2O2/c1-10-4-3-7-18(13(10)9-17)15(19)11-5-6-12(16)14(8-11)20-2/h5-6,8,10,13H,3-4,7,9,17H2,1-2H3. The highest BCUT2D eigenvalue weighted by molar-refractivity contribution is 5.95. The molecule has 0 spiro atoms. The van der Waals surface area contributed by atoms with Crippen molar-refractivity contribution in [3.8, 4) is 5.75 Å². The van der Waals surface area contributed by atoms with Gasteiger partial charge < -0.3 is 15.4 Å². The Labute approximate surface area is 118 Å². The van der Waals surface area contributed by atoms with Gasteiger partial charge in [-0.25, -0.2) is 4.39 Å². The summed E-state index contributed by atoms with van der Waals surface area (Å²) in [5.41, 5.74) is 6.24. The molecule has 0 bridgehead atoms. The number of ether oxygens (including phenoxy) is 1. The maximum absolute atomic E-state index is 13.4. The number of methoxy groups -OCH3 is 1. The molecule has 1 aliphatic rings. The average molecular weight is 280 g/mol. The molecule has 4 nitrogen and oxygen atoms in total. The summed E-state index contributed by atoms with van der Waals surface area (Å²) in [5.74, 6) is -0.0954. The van der Waals surface area contributed by atoms with Crippen molar-refractivity contribution in [2.24, 2.45) is 11.7 Å². The van der Waals surface area contributed by atoms with E-state index in [1.54, 1.807) is 4.90 Å². The lowest BCUT2D eigenvalue weighted by atomic mass is 9.90. The molecule has 0 aliphatic carbocycles. The summed E-state index contributed by atoms with van der Waals surface area (Å²) in [6.45, 7) is 3.26. The molecule has 1 fully saturated rings. The molecule has 5 heteroatoms. The average Bonchev–Trinajstić information content (AvgIpc) is 2.46. The van der Waals surface area contributed by atoms with Gasteiger partial charge in [0.1, 0.15) is 0 Å². The molecule has 1 saturated heterocycles. The highest BCUT2D eigenvalue weighted by atomic mass is 19.1. The van der Waals surface area contributed by atoms with Gasteiger partial charge in [-0.2, -0.15) is 0 Å². The maximum Gasteiger partial charge on any atom is 0.254 e. The van der Waals surface area contributed by atoms with Crippen LogP contribution in [0.15, 0.2) is 18.2 Å². The van der Waals surface area contributed by atoms with E-state index in [2.05, 4.69) is 6.92 Å². The van der Waals surface area contributed by atoms with Crippen molar-refractivity contribution in [3.05, 3.63) is 29.6 Å². The van der Waals surface area contributed by atoms with E-state index >= 15 is 0 Å². The summed E-state index contributed by atoms with van der Waals surface area (Å²) in [6.07, 6.45) is 2.06. The van der Waals surface area contributed by atoms with Crippen LogP contribution in [-0.2, 0) is 0 Å².